The van der Waals surface area contributed by atoms with Crippen molar-refractivity contribution in [3.8, 4) is 6.01 Å². The summed E-state index contributed by atoms with van der Waals surface area (Å²) in [4.78, 5) is 12.7. The fourth-order valence-corrected chi connectivity index (χ4v) is 3.29. The first-order chi connectivity index (χ1) is 12.3. The molecule has 0 bridgehead atoms. The van der Waals surface area contributed by atoms with Crippen molar-refractivity contribution in [2.45, 2.75) is 31.8 Å². The Morgan fingerprint density at radius 3 is 2.76 bits per heavy atom. The van der Waals surface area contributed by atoms with Crippen LogP contribution in [0.2, 0.25) is 0 Å². The second-order valence-electron chi connectivity index (χ2n) is 6.54. The van der Waals surface area contributed by atoms with E-state index in [0.717, 1.165) is 32.5 Å². The molecule has 3 rings (SSSR count). The van der Waals surface area contributed by atoms with Crippen LogP contribution in [0.25, 0.3) is 0 Å². The first-order valence-electron chi connectivity index (χ1n) is 9.11. The van der Waals surface area contributed by atoms with Crippen molar-refractivity contribution in [2.24, 2.45) is 0 Å². The molecule has 0 spiro atoms. The van der Waals surface area contributed by atoms with Gasteiger partial charge in [0.05, 0.1) is 19.4 Å². The van der Waals surface area contributed by atoms with E-state index in [1.807, 2.05) is 11.0 Å². The van der Waals surface area contributed by atoms with Crippen LogP contribution in [0, 0.1) is 5.82 Å². The van der Waals surface area contributed by atoms with E-state index in [0.29, 0.717) is 32.1 Å². The molecule has 6 nitrogen and oxygen atoms in total. The summed E-state index contributed by atoms with van der Waals surface area (Å²) in [5.41, 5.74) is 0. The van der Waals surface area contributed by atoms with Crippen molar-refractivity contribution >= 4 is 5.82 Å². The maximum Gasteiger partial charge on any atom is 0.318 e. The van der Waals surface area contributed by atoms with Gasteiger partial charge in [0.25, 0.3) is 0 Å². The highest BCUT2D eigenvalue weighted by Gasteiger charge is 2.22. The molecule has 7 heteroatoms. The van der Waals surface area contributed by atoms with Gasteiger partial charge >= 0.3 is 6.01 Å². The minimum absolute atomic E-state index is 0.0147. The van der Waals surface area contributed by atoms with Crippen LogP contribution in [0.1, 0.15) is 25.7 Å². The van der Waals surface area contributed by atoms with Crippen LogP contribution in [0.4, 0.5) is 10.2 Å². The summed E-state index contributed by atoms with van der Waals surface area (Å²) in [6.45, 7) is 9.27. The third kappa shape index (κ3) is 5.12. The normalized spacial score (nSPS) is 19.8. The average molecular weight is 350 g/mol. The molecule has 2 fully saturated rings. The highest BCUT2D eigenvalue weighted by molar-refractivity contribution is 5.40. The number of likely N-dealkylation sites (tertiary alicyclic amines) is 1. The Balaban J connectivity index is 1.68. The average Bonchev–Trinajstić information content (AvgIpc) is 3.15. The number of hydrogen-bond donors (Lipinski definition) is 0. The monoisotopic (exact) mass is 350 g/mol. The minimum Gasteiger partial charge on any atom is -0.459 e. The maximum absolute atomic E-state index is 14.1. The van der Waals surface area contributed by atoms with Crippen molar-refractivity contribution in [2.75, 3.05) is 50.8 Å². The molecule has 1 aromatic heterocycles. The lowest BCUT2D eigenvalue weighted by Crippen LogP contribution is -2.38. The van der Waals surface area contributed by atoms with E-state index in [4.69, 9.17) is 9.47 Å². The van der Waals surface area contributed by atoms with E-state index in [2.05, 4.69) is 21.4 Å². The molecule has 138 valence electrons. The first kappa shape index (κ1) is 18.1. The number of anilines is 1. The molecule has 0 amide bonds. The molecule has 1 aromatic rings. The fourth-order valence-electron chi connectivity index (χ4n) is 3.29. The molecular weight excluding hydrogens is 323 g/mol. The molecule has 2 aliphatic heterocycles. The Kier molecular flexibility index (Phi) is 6.58. The van der Waals surface area contributed by atoms with Gasteiger partial charge < -0.3 is 14.4 Å². The van der Waals surface area contributed by atoms with Crippen LogP contribution < -0.4 is 9.64 Å². The molecule has 0 aliphatic carbocycles. The molecule has 1 atom stereocenters. The second-order valence-corrected chi connectivity index (χ2v) is 6.54. The van der Waals surface area contributed by atoms with Crippen LogP contribution in [0.15, 0.2) is 18.9 Å². The van der Waals surface area contributed by atoms with E-state index in [-0.39, 0.29) is 12.1 Å². The van der Waals surface area contributed by atoms with E-state index >= 15 is 0 Å². The van der Waals surface area contributed by atoms with Gasteiger partial charge in [-0.1, -0.05) is 6.08 Å². The van der Waals surface area contributed by atoms with Gasteiger partial charge in [0.1, 0.15) is 6.10 Å². The van der Waals surface area contributed by atoms with E-state index < -0.39 is 5.82 Å². The lowest BCUT2D eigenvalue weighted by molar-refractivity contribution is 0.120. The van der Waals surface area contributed by atoms with Crippen LogP contribution in [0.3, 0.4) is 0 Å². The molecule has 0 N–H and O–H groups in total. The zero-order valence-electron chi connectivity index (χ0n) is 14.7. The molecule has 0 saturated carbocycles. The predicted molar refractivity (Wildman–Crippen MR) is 94.5 cm³/mol. The number of allylic oxidation sites excluding steroid dienone is 1. The van der Waals surface area contributed by atoms with Crippen LogP contribution in [-0.2, 0) is 4.74 Å². The Hall–Kier alpha value is -1.73. The molecule has 0 aromatic carbocycles. The zero-order valence-corrected chi connectivity index (χ0v) is 14.7. The SMILES string of the molecule is C=CCC[C@@H](CN1CCCC1)Oc1ncc(F)c(N2CCOCC2)n1. The van der Waals surface area contributed by atoms with Gasteiger partial charge in [0.15, 0.2) is 11.6 Å². The number of morpholine rings is 1. The van der Waals surface area contributed by atoms with Gasteiger partial charge in [-0.2, -0.15) is 4.98 Å². The van der Waals surface area contributed by atoms with Gasteiger partial charge in [-0.05, 0) is 38.8 Å². The lowest BCUT2D eigenvalue weighted by Gasteiger charge is -2.28. The summed E-state index contributed by atoms with van der Waals surface area (Å²) in [5.74, 6) is -0.117. The topological polar surface area (TPSA) is 50.7 Å². The largest absolute Gasteiger partial charge is 0.459 e. The van der Waals surface area contributed by atoms with E-state index in [1.165, 1.54) is 19.0 Å². The van der Waals surface area contributed by atoms with Gasteiger partial charge in [-0.15, -0.1) is 6.58 Å². The number of halogens is 1. The van der Waals surface area contributed by atoms with Gasteiger partial charge in [-0.3, -0.25) is 4.90 Å². The quantitative estimate of drug-likeness (QED) is 0.671. The lowest BCUT2D eigenvalue weighted by atomic mass is 10.2. The maximum atomic E-state index is 14.1. The third-order valence-corrected chi connectivity index (χ3v) is 4.64. The Labute approximate surface area is 148 Å². The number of nitrogens with zero attached hydrogens (tertiary/aromatic N) is 4. The Bertz CT molecular complexity index is 560. The first-order valence-corrected chi connectivity index (χ1v) is 9.11. The van der Waals surface area contributed by atoms with Gasteiger partial charge in [0.2, 0.25) is 0 Å². The molecule has 3 heterocycles. The molecule has 25 heavy (non-hydrogen) atoms. The third-order valence-electron chi connectivity index (χ3n) is 4.64. The summed E-state index contributed by atoms with van der Waals surface area (Å²) < 4.78 is 25.5. The standard InChI is InChI=1S/C18H27FN4O2/c1-2-3-6-15(14-22-7-4-5-8-22)25-18-20-13-16(19)17(21-18)23-9-11-24-12-10-23/h2,13,15H,1,3-12,14H2/t15-/m0/s1. The minimum atomic E-state index is -0.420. The van der Waals surface area contributed by atoms with Crippen LogP contribution in [-0.4, -0.2) is 66.9 Å². The Morgan fingerprint density at radius 1 is 1.28 bits per heavy atom. The van der Waals surface area contributed by atoms with Crippen molar-refractivity contribution in [3.05, 3.63) is 24.7 Å². The molecule has 0 radical (unpaired) electrons. The van der Waals surface area contributed by atoms with Crippen molar-refractivity contribution in [1.29, 1.82) is 0 Å². The molecule has 2 aliphatic rings. The van der Waals surface area contributed by atoms with Gasteiger partial charge in [-0.25, -0.2) is 9.37 Å². The van der Waals surface area contributed by atoms with E-state index in [9.17, 15) is 4.39 Å². The highest BCUT2D eigenvalue weighted by Crippen LogP contribution is 2.21. The van der Waals surface area contributed by atoms with Crippen molar-refractivity contribution in [1.82, 2.24) is 14.9 Å². The number of ether oxygens (including phenoxy) is 2. The second kappa shape index (κ2) is 9.10. The molecular formula is C18H27FN4O2. The van der Waals surface area contributed by atoms with E-state index in [1.54, 1.807) is 0 Å². The summed E-state index contributed by atoms with van der Waals surface area (Å²) in [6.07, 6.45) is 7.28. The van der Waals surface area contributed by atoms with Gasteiger partial charge in [0, 0.05) is 19.6 Å². The summed E-state index contributed by atoms with van der Waals surface area (Å²) in [6, 6.07) is 0.246. The van der Waals surface area contributed by atoms with Crippen molar-refractivity contribution < 1.29 is 13.9 Å². The fraction of sp³-hybridized carbons (Fsp3) is 0.667. The molecule has 0 unspecified atom stereocenters. The smallest absolute Gasteiger partial charge is 0.318 e. The highest BCUT2D eigenvalue weighted by atomic mass is 19.1. The predicted octanol–water partition coefficient (Wildman–Crippen LogP) is 2.26. The van der Waals surface area contributed by atoms with Crippen LogP contribution >= 0.6 is 0 Å². The number of hydrogen-bond acceptors (Lipinski definition) is 6. The van der Waals surface area contributed by atoms with Crippen LogP contribution in [0.5, 0.6) is 6.01 Å². The van der Waals surface area contributed by atoms with Crippen molar-refractivity contribution in [3.63, 3.8) is 0 Å². The summed E-state index contributed by atoms with van der Waals surface area (Å²) >= 11 is 0. The zero-order chi connectivity index (χ0) is 17.5. The number of aromatic nitrogens is 2. The summed E-state index contributed by atoms with van der Waals surface area (Å²) in [5, 5.41) is 0. The summed E-state index contributed by atoms with van der Waals surface area (Å²) in [7, 11) is 0. The number of rotatable bonds is 8. The Morgan fingerprint density at radius 2 is 2.04 bits per heavy atom. The molecule has 2 saturated heterocycles.